The third kappa shape index (κ3) is 2.75. The molecule has 1 unspecified atom stereocenters. The Hall–Kier alpha value is -1.60. The van der Waals surface area contributed by atoms with Crippen molar-refractivity contribution in [3.05, 3.63) is 23.9 Å². The van der Waals surface area contributed by atoms with Crippen LogP contribution in [-0.4, -0.2) is 25.3 Å². The Morgan fingerprint density at radius 2 is 2.47 bits per heavy atom. The third-order valence-electron chi connectivity index (χ3n) is 3.07. The molecule has 2 rings (SSSR count). The van der Waals surface area contributed by atoms with Crippen molar-refractivity contribution in [2.75, 3.05) is 20.3 Å². The number of methoxy groups -OCH3 is 1. The van der Waals surface area contributed by atoms with Crippen LogP contribution in [0.25, 0.3) is 0 Å². The average molecular weight is 232 g/mol. The van der Waals surface area contributed by atoms with E-state index in [4.69, 9.17) is 9.47 Å². The number of hydrogen-bond acceptors (Lipinski definition) is 4. The largest absolute Gasteiger partial charge is 0.481 e. The molecule has 0 N–H and O–H groups in total. The second-order valence-corrected chi connectivity index (χ2v) is 4.40. The molecule has 4 nitrogen and oxygen atoms in total. The fraction of sp³-hybridized carbons (Fsp3) is 0.538. The van der Waals surface area contributed by atoms with Crippen LogP contribution < -0.4 is 4.74 Å². The van der Waals surface area contributed by atoms with Gasteiger partial charge in [0.05, 0.1) is 25.2 Å². The van der Waals surface area contributed by atoms with Gasteiger partial charge in [-0.1, -0.05) is 6.07 Å². The normalized spacial score (nSPS) is 24.0. The highest BCUT2D eigenvalue weighted by molar-refractivity contribution is 5.19. The van der Waals surface area contributed by atoms with E-state index in [2.05, 4.69) is 11.1 Å². The number of hydrogen-bond donors (Lipinski definition) is 0. The van der Waals surface area contributed by atoms with Gasteiger partial charge in [0.25, 0.3) is 0 Å². The second-order valence-electron chi connectivity index (χ2n) is 4.40. The molecule has 0 spiro atoms. The highest BCUT2D eigenvalue weighted by Crippen LogP contribution is 2.31. The van der Waals surface area contributed by atoms with Gasteiger partial charge in [0.2, 0.25) is 5.88 Å². The predicted octanol–water partition coefficient (Wildman–Crippen LogP) is 1.95. The van der Waals surface area contributed by atoms with Crippen LogP contribution in [0.4, 0.5) is 0 Å². The zero-order chi connectivity index (χ0) is 12.1. The first-order chi connectivity index (χ1) is 8.28. The summed E-state index contributed by atoms with van der Waals surface area (Å²) in [5.41, 5.74) is 0.467. The molecule has 1 aliphatic heterocycles. The molecule has 0 amide bonds. The Kier molecular flexibility index (Phi) is 3.60. The van der Waals surface area contributed by atoms with Crippen molar-refractivity contribution in [2.24, 2.45) is 5.41 Å². The molecular weight excluding hydrogens is 216 g/mol. The first-order valence-corrected chi connectivity index (χ1v) is 5.77. The Bertz CT molecular complexity index is 420. The predicted molar refractivity (Wildman–Crippen MR) is 62.6 cm³/mol. The van der Waals surface area contributed by atoms with E-state index in [0.717, 1.165) is 25.1 Å². The van der Waals surface area contributed by atoms with Crippen molar-refractivity contribution in [3.8, 4) is 11.9 Å². The van der Waals surface area contributed by atoms with E-state index in [1.54, 1.807) is 13.2 Å². The average Bonchev–Trinajstić information content (AvgIpc) is 2.40. The van der Waals surface area contributed by atoms with Gasteiger partial charge in [-0.25, -0.2) is 4.98 Å². The van der Waals surface area contributed by atoms with Crippen LogP contribution in [0.5, 0.6) is 5.88 Å². The summed E-state index contributed by atoms with van der Waals surface area (Å²) < 4.78 is 10.5. The molecule has 90 valence electrons. The van der Waals surface area contributed by atoms with Crippen LogP contribution in [0.2, 0.25) is 0 Å². The van der Waals surface area contributed by atoms with Gasteiger partial charge >= 0.3 is 0 Å². The van der Waals surface area contributed by atoms with Gasteiger partial charge in [0.15, 0.2) is 0 Å². The highest BCUT2D eigenvalue weighted by Gasteiger charge is 2.33. The summed E-state index contributed by atoms with van der Waals surface area (Å²) in [4.78, 5) is 4.35. The Morgan fingerprint density at radius 1 is 1.59 bits per heavy atom. The van der Waals surface area contributed by atoms with E-state index < -0.39 is 5.41 Å². The maximum absolute atomic E-state index is 9.34. The fourth-order valence-electron chi connectivity index (χ4n) is 2.14. The van der Waals surface area contributed by atoms with Crippen molar-refractivity contribution in [1.82, 2.24) is 4.98 Å². The number of pyridine rings is 1. The minimum atomic E-state index is -0.419. The summed E-state index contributed by atoms with van der Waals surface area (Å²) in [7, 11) is 1.59. The summed E-state index contributed by atoms with van der Waals surface area (Å²) in [5, 5.41) is 9.34. The lowest BCUT2D eigenvalue weighted by atomic mass is 9.80. The van der Waals surface area contributed by atoms with Crippen LogP contribution in [0.1, 0.15) is 18.5 Å². The maximum atomic E-state index is 9.34. The molecule has 1 aromatic rings. The smallest absolute Gasteiger partial charge is 0.213 e. The lowest BCUT2D eigenvalue weighted by Crippen LogP contribution is -2.32. The molecule has 0 aliphatic carbocycles. The van der Waals surface area contributed by atoms with E-state index in [-0.39, 0.29) is 0 Å². The van der Waals surface area contributed by atoms with E-state index in [1.165, 1.54) is 0 Å². The van der Waals surface area contributed by atoms with Gasteiger partial charge in [-0.3, -0.25) is 0 Å². The first-order valence-electron chi connectivity index (χ1n) is 5.77. The summed E-state index contributed by atoms with van der Waals surface area (Å²) >= 11 is 0. The van der Waals surface area contributed by atoms with Gasteiger partial charge in [-0.05, 0) is 18.9 Å². The lowest BCUT2D eigenvalue weighted by molar-refractivity contribution is 0.0219. The van der Waals surface area contributed by atoms with Crippen molar-refractivity contribution >= 4 is 0 Å². The fourth-order valence-corrected chi connectivity index (χ4v) is 2.14. The van der Waals surface area contributed by atoms with Gasteiger partial charge in [0, 0.05) is 24.8 Å². The quantitative estimate of drug-likeness (QED) is 0.799. The Labute approximate surface area is 101 Å². The molecular formula is C13H16N2O2. The second kappa shape index (κ2) is 5.15. The van der Waals surface area contributed by atoms with E-state index in [0.29, 0.717) is 18.9 Å². The number of ether oxygens (including phenoxy) is 2. The van der Waals surface area contributed by atoms with Gasteiger partial charge in [0.1, 0.15) is 0 Å². The van der Waals surface area contributed by atoms with Crippen molar-refractivity contribution in [1.29, 1.82) is 5.26 Å². The topological polar surface area (TPSA) is 55.1 Å². The zero-order valence-electron chi connectivity index (χ0n) is 9.98. The molecule has 4 heteroatoms. The number of nitriles is 1. The lowest BCUT2D eigenvalue weighted by Gasteiger charge is -2.30. The van der Waals surface area contributed by atoms with E-state index >= 15 is 0 Å². The van der Waals surface area contributed by atoms with E-state index in [1.807, 2.05) is 12.1 Å². The Balaban J connectivity index is 2.15. The molecule has 2 heterocycles. The van der Waals surface area contributed by atoms with Crippen LogP contribution in [0.3, 0.4) is 0 Å². The number of nitrogens with zero attached hydrogens (tertiary/aromatic N) is 2. The Morgan fingerprint density at radius 3 is 3.12 bits per heavy atom. The third-order valence-corrected chi connectivity index (χ3v) is 3.07. The van der Waals surface area contributed by atoms with Crippen LogP contribution >= 0.6 is 0 Å². The monoisotopic (exact) mass is 232 g/mol. The van der Waals surface area contributed by atoms with Crippen molar-refractivity contribution < 1.29 is 9.47 Å². The molecule has 1 aliphatic rings. The van der Waals surface area contributed by atoms with Gasteiger partial charge < -0.3 is 9.47 Å². The molecule has 1 atom stereocenters. The highest BCUT2D eigenvalue weighted by atomic mass is 16.5. The molecule has 0 aromatic carbocycles. The van der Waals surface area contributed by atoms with Crippen LogP contribution in [0.15, 0.2) is 18.2 Å². The number of rotatable bonds is 3. The van der Waals surface area contributed by atoms with Gasteiger partial charge in [-0.2, -0.15) is 5.26 Å². The van der Waals surface area contributed by atoms with Crippen LogP contribution in [0, 0.1) is 16.7 Å². The molecule has 1 saturated heterocycles. The molecule has 1 fully saturated rings. The minimum Gasteiger partial charge on any atom is -0.481 e. The zero-order valence-corrected chi connectivity index (χ0v) is 9.98. The van der Waals surface area contributed by atoms with Crippen molar-refractivity contribution in [3.63, 3.8) is 0 Å². The molecule has 0 radical (unpaired) electrons. The summed E-state index contributed by atoms with van der Waals surface area (Å²) in [5.74, 6) is 0.590. The maximum Gasteiger partial charge on any atom is 0.213 e. The number of aromatic nitrogens is 1. The minimum absolute atomic E-state index is 0.419. The molecule has 0 saturated carbocycles. The molecule has 0 bridgehead atoms. The summed E-state index contributed by atoms with van der Waals surface area (Å²) in [6, 6.07) is 8.03. The summed E-state index contributed by atoms with van der Waals surface area (Å²) in [6.45, 7) is 1.26. The van der Waals surface area contributed by atoms with Crippen molar-refractivity contribution in [2.45, 2.75) is 19.3 Å². The first kappa shape index (κ1) is 11.9. The standard InChI is InChI=1S/C13H16N2O2/c1-16-12-5-2-4-11(15-12)8-13(9-14)6-3-7-17-10-13/h2,4-5H,3,6-8,10H2,1H3. The molecule has 17 heavy (non-hydrogen) atoms. The van der Waals surface area contributed by atoms with E-state index in [9.17, 15) is 5.26 Å². The molecule has 1 aromatic heterocycles. The van der Waals surface area contributed by atoms with Crippen LogP contribution in [-0.2, 0) is 11.2 Å². The van der Waals surface area contributed by atoms with Gasteiger partial charge in [-0.15, -0.1) is 0 Å². The SMILES string of the molecule is COc1cccc(CC2(C#N)CCCOC2)n1. The summed E-state index contributed by atoms with van der Waals surface area (Å²) in [6.07, 6.45) is 2.45.